The van der Waals surface area contributed by atoms with Crippen molar-refractivity contribution >= 4 is 11.0 Å². The predicted octanol–water partition coefficient (Wildman–Crippen LogP) is 1.03. The second kappa shape index (κ2) is 2.60. The van der Waals surface area contributed by atoms with Crippen molar-refractivity contribution in [3.8, 4) is 0 Å². The number of aromatic nitrogens is 2. The molecule has 0 saturated carbocycles. The first kappa shape index (κ1) is 7.31. The van der Waals surface area contributed by atoms with E-state index < -0.39 is 0 Å². The molecule has 1 aromatic heterocycles. The molecular weight excluding hydrogens is 150 g/mol. The van der Waals surface area contributed by atoms with Crippen LogP contribution in [0.5, 0.6) is 0 Å². The molecule has 0 aliphatic heterocycles. The summed E-state index contributed by atoms with van der Waals surface area (Å²) in [7, 11) is 1.98. The van der Waals surface area contributed by atoms with Gasteiger partial charge in [-0.25, -0.2) is 4.98 Å². The van der Waals surface area contributed by atoms with Gasteiger partial charge in [0.1, 0.15) is 5.82 Å². The fraction of sp³-hybridized carbons (Fsp3) is 0.222. The van der Waals surface area contributed by atoms with Crippen molar-refractivity contribution in [3.05, 3.63) is 30.1 Å². The normalized spacial score (nSPS) is 10.8. The lowest BCUT2D eigenvalue weighted by Gasteiger charge is -1.96. The predicted molar refractivity (Wildman–Crippen MR) is 48.6 cm³/mol. The zero-order chi connectivity index (χ0) is 8.55. The molecule has 2 N–H and O–H groups in total. The van der Waals surface area contributed by atoms with Crippen LogP contribution in [0.4, 0.5) is 0 Å². The van der Waals surface area contributed by atoms with Gasteiger partial charge in [0.2, 0.25) is 0 Å². The molecule has 1 heterocycles. The molecule has 1 aromatic carbocycles. The number of nitrogens with zero attached hydrogens (tertiary/aromatic N) is 2. The Hall–Kier alpha value is -1.35. The summed E-state index contributed by atoms with van der Waals surface area (Å²) in [5, 5.41) is 0. The van der Waals surface area contributed by atoms with Crippen LogP contribution >= 0.6 is 0 Å². The first-order valence-corrected chi connectivity index (χ1v) is 3.93. The highest BCUT2D eigenvalue weighted by molar-refractivity contribution is 5.75. The van der Waals surface area contributed by atoms with Crippen LogP contribution in [0.1, 0.15) is 5.82 Å². The largest absolute Gasteiger partial charge is 0.330 e. The zero-order valence-electron chi connectivity index (χ0n) is 6.99. The van der Waals surface area contributed by atoms with Gasteiger partial charge in [0.05, 0.1) is 17.6 Å². The van der Waals surface area contributed by atoms with E-state index in [0.29, 0.717) is 6.54 Å². The SMILES string of the molecule is Cn1c(CN)nc2ccccc21. The third kappa shape index (κ3) is 0.905. The number of benzene rings is 1. The van der Waals surface area contributed by atoms with E-state index in [0.717, 1.165) is 16.9 Å². The first-order chi connectivity index (χ1) is 5.83. The Morgan fingerprint density at radius 3 is 2.83 bits per heavy atom. The summed E-state index contributed by atoms with van der Waals surface area (Å²) in [5.74, 6) is 0.927. The summed E-state index contributed by atoms with van der Waals surface area (Å²) in [4.78, 5) is 4.37. The number of nitrogens with two attached hydrogens (primary N) is 1. The smallest absolute Gasteiger partial charge is 0.123 e. The zero-order valence-corrected chi connectivity index (χ0v) is 6.99. The van der Waals surface area contributed by atoms with Crippen LogP contribution in [-0.4, -0.2) is 9.55 Å². The van der Waals surface area contributed by atoms with Crippen molar-refractivity contribution in [3.63, 3.8) is 0 Å². The van der Waals surface area contributed by atoms with Crippen LogP contribution in [0.2, 0.25) is 0 Å². The van der Waals surface area contributed by atoms with Crippen LogP contribution in [0.3, 0.4) is 0 Å². The summed E-state index contributed by atoms with van der Waals surface area (Å²) in [6.45, 7) is 0.491. The van der Waals surface area contributed by atoms with Crippen molar-refractivity contribution in [2.45, 2.75) is 6.54 Å². The minimum atomic E-state index is 0.491. The molecule has 0 bridgehead atoms. The Bertz CT molecular complexity index is 403. The van der Waals surface area contributed by atoms with Crippen molar-refractivity contribution in [1.82, 2.24) is 9.55 Å². The summed E-state index contributed by atoms with van der Waals surface area (Å²) < 4.78 is 2.02. The van der Waals surface area contributed by atoms with E-state index >= 15 is 0 Å². The van der Waals surface area contributed by atoms with Gasteiger partial charge >= 0.3 is 0 Å². The highest BCUT2D eigenvalue weighted by Gasteiger charge is 2.03. The first-order valence-electron chi connectivity index (χ1n) is 3.93. The summed E-state index contributed by atoms with van der Waals surface area (Å²) in [5.41, 5.74) is 7.68. The molecule has 3 nitrogen and oxygen atoms in total. The number of hydrogen-bond acceptors (Lipinski definition) is 2. The Balaban J connectivity index is 2.78. The van der Waals surface area contributed by atoms with Crippen LogP contribution < -0.4 is 5.73 Å². The highest BCUT2D eigenvalue weighted by Crippen LogP contribution is 2.13. The Morgan fingerprint density at radius 1 is 1.42 bits per heavy atom. The van der Waals surface area contributed by atoms with Gasteiger partial charge < -0.3 is 10.3 Å². The van der Waals surface area contributed by atoms with Gasteiger partial charge in [0.15, 0.2) is 0 Å². The van der Waals surface area contributed by atoms with Crippen molar-refractivity contribution in [1.29, 1.82) is 0 Å². The lowest BCUT2D eigenvalue weighted by atomic mass is 10.3. The van der Waals surface area contributed by atoms with Gasteiger partial charge in [-0.1, -0.05) is 12.1 Å². The van der Waals surface area contributed by atoms with Gasteiger partial charge in [-0.2, -0.15) is 0 Å². The Kier molecular flexibility index (Phi) is 1.59. The van der Waals surface area contributed by atoms with E-state index in [4.69, 9.17) is 5.73 Å². The highest BCUT2D eigenvalue weighted by atomic mass is 15.1. The minimum absolute atomic E-state index is 0.491. The maximum absolute atomic E-state index is 5.53. The molecule has 0 spiro atoms. The molecule has 0 aliphatic carbocycles. The van der Waals surface area contributed by atoms with Crippen LogP contribution in [0.15, 0.2) is 24.3 Å². The molecule has 62 valence electrons. The van der Waals surface area contributed by atoms with E-state index in [2.05, 4.69) is 4.98 Å². The molecule has 0 atom stereocenters. The topological polar surface area (TPSA) is 43.8 Å². The monoisotopic (exact) mass is 161 g/mol. The van der Waals surface area contributed by atoms with E-state index in [1.165, 1.54) is 0 Å². The van der Waals surface area contributed by atoms with Crippen LogP contribution in [0, 0.1) is 0 Å². The van der Waals surface area contributed by atoms with Crippen LogP contribution in [-0.2, 0) is 13.6 Å². The number of aryl methyl sites for hydroxylation is 1. The number of para-hydroxylation sites is 2. The maximum atomic E-state index is 5.53. The fourth-order valence-electron chi connectivity index (χ4n) is 1.38. The lowest BCUT2D eigenvalue weighted by molar-refractivity contribution is 0.813. The fourth-order valence-corrected chi connectivity index (χ4v) is 1.38. The van der Waals surface area contributed by atoms with Crippen molar-refractivity contribution in [2.24, 2.45) is 12.8 Å². The number of rotatable bonds is 1. The van der Waals surface area contributed by atoms with Crippen molar-refractivity contribution < 1.29 is 0 Å². The second-order valence-corrected chi connectivity index (χ2v) is 2.78. The molecular formula is C9H11N3. The third-order valence-corrected chi connectivity index (χ3v) is 2.06. The lowest BCUT2D eigenvalue weighted by Crippen LogP contribution is -2.04. The van der Waals surface area contributed by atoms with E-state index in [-0.39, 0.29) is 0 Å². The molecule has 3 heteroatoms. The van der Waals surface area contributed by atoms with Crippen LogP contribution in [0.25, 0.3) is 11.0 Å². The molecule has 0 radical (unpaired) electrons. The van der Waals surface area contributed by atoms with Gasteiger partial charge in [0, 0.05) is 7.05 Å². The molecule has 0 unspecified atom stereocenters. The standard InChI is InChI=1S/C9H11N3/c1-12-8-5-3-2-4-7(8)11-9(12)6-10/h2-5H,6,10H2,1H3. The number of fused-ring (bicyclic) bond motifs is 1. The van der Waals surface area contributed by atoms with E-state index in [1.807, 2.05) is 35.9 Å². The second-order valence-electron chi connectivity index (χ2n) is 2.78. The Labute approximate surface area is 70.8 Å². The average Bonchev–Trinajstić information content (AvgIpc) is 2.44. The molecule has 0 aliphatic rings. The van der Waals surface area contributed by atoms with Crippen molar-refractivity contribution in [2.75, 3.05) is 0 Å². The molecule has 0 saturated heterocycles. The van der Waals surface area contributed by atoms with Gasteiger partial charge in [0.25, 0.3) is 0 Å². The number of imidazole rings is 1. The summed E-state index contributed by atoms with van der Waals surface area (Å²) >= 11 is 0. The quantitative estimate of drug-likeness (QED) is 0.679. The minimum Gasteiger partial charge on any atom is -0.330 e. The molecule has 12 heavy (non-hydrogen) atoms. The number of hydrogen-bond donors (Lipinski definition) is 1. The summed E-state index contributed by atoms with van der Waals surface area (Å²) in [6.07, 6.45) is 0. The van der Waals surface area contributed by atoms with Gasteiger partial charge in [-0.3, -0.25) is 0 Å². The van der Waals surface area contributed by atoms with Gasteiger partial charge in [-0.05, 0) is 12.1 Å². The van der Waals surface area contributed by atoms with E-state index in [9.17, 15) is 0 Å². The maximum Gasteiger partial charge on any atom is 0.123 e. The van der Waals surface area contributed by atoms with E-state index in [1.54, 1.807) is 0 Å². The average molecular weight is 161 g/mol. The molecule has 2 rings (SSSR count). The Morgan fingerprint density at radius 2 is 2.17 bits per heavy atom. The van der Waals surface area contributed by atoms with Gasteiger partial charge in [-0.15, -0.1) is 0 Å². The molecule has 0 fully saturated rings. The third-order valence-electron chi connectivity index (χ3n) is 2.06. The molecule has 2 aromatic rings. The summed E-state index contributed by atoms with van der Waals surface area (Å²) in [6, 6.07) is 8.02. The molecule has 0 amide bonds.